The molecule has 3 N–H and O–H groups in total. The standard InChI is InChI=1S/C24H27NO3/c1-17-5-3-4-6-23(17)19-9-13-22(14-10-19)28-16-15-25-18(2)24(27)20-7-11-21(26)12-8-20/h3-14,18,24-27H,15-16H2,1-2H3/t18-,24-/m1/s1. The second-order valence-electron chi connectivity index (χ2n) is 6.97. The number of hydrogen-bond donors (Lipinski definition) is 3. The van der Waals surface area contributed by atoms with Crippen molar-refractivity contribution in [3.8, 4) is 22.6 Å². The van der Waals surface area contributed by atoms with Crippen LogP contribution in [0.2, 0.25) is 0 Å². The third kappa shape index (κ3) is 5.12. The lowest BCUT2D eigenvalue weighted by Gasteiger charge is -2.21. The monoisotopic (exact) mass is 377 g/mol. The molecule has 3 aromatic carbocycles. The fourth-order valence-corrected chi connectivity index (χ4v) is 3.15. The van der Waals surface area contributed by atoms with Crippen LogP contribution in [0.25, 0.3) is 11.1 Å². The lowest BCUT2D eigenvalue weighted by Crippen LogP contribution is -2.35. The van der Waals surface area contributed by atoms with E-state index in [1.165, 1.54) is 16.7 Å². The topological polar surface area (TPSA) is 61.7 Å². The summed E-state index contributed by atoms with van der Waals surface area (Å²) in [5.74, 6) is 1.02. The number of aliphatic hydroxyl groups is 1. The Morgan fingerprint density at radius 2 is 1.61 bits per heavy atom. The third-order valence-electron chi connectivity index (χ3n) is 4.86. The molecule has 0 aliphatic heterocycles. The Balaban J connectivity index is 1.46. The van der Waals surface area contributed by atoms with Crippen LogP contribution in [0.5, 0.6) is 11.5 Å². The first kappa shape index (κ1) is 19.9. The molecule has 0 bridgehead atoms. The smallest absolute Gasteiger partial charge is 0.119 e. The van der Waals surface area contributed by atoms with Gasteiger partial charge in [0.1, 0.15) is 18.1 Å². The zero-order valence-corrected chi connectivity index (χ0v) is 16.3. The van der Waals surface area contributed by atoms with Gasteiger partial charge in [0.2, 0.25) is 0 Å². The molecule has 0 heterocycles. The van der Waals surface area contributed by atoms with Gasteiger partial charge in [-0.3, -0.25) is 0 Å². The molecule has 0 aliphatic rings. The summed E-state index contributed by atoms with van der Waals surface area (Å²) in [6.07, 6.45) is -0.644. The van der Waals surface area contributed by atoms with E-state index in [1.807, 2.05) is 31.2 Å². The zero-order valence-electron chi connectivity index (χ0n) is 16.3. The van der Waals surface area contributed by atoms with Crippen molar-refractivity contribution in [3.63, 3.8) is 0 Å². The molecule has 3 aromatic rings. The van der Waals surface area contributed by atoms with Gasteiger partial charge in [-0.05, 0) is 60.4 Å². The van der Waals surface area contributed by atoms with Crippen LogP contribution in [0.4, 0.5) is 0 Å². The molecular weight excluding hydrogens is 350 g/mol. The number of ether oxygens (including phenoxy) is 1. The fraction of sp³-hybridized carbons (Fsp3) is 0.250. The van der Waals surface area contributed by atoms with E-state index in [-0.39, 0.29) is 11.8 Å². The van der Waals surface area contributed by atoms with E-state index in [1.54, 1.807) is 24.3 Å². The van der Waals surface area contributed by atoms with Gasteiger partial charge in [0.05, 0.1) is 6.10 Å². The van der Waals surface area contributed by atoms with Gasteiger partial charge in [0, 0.05) is 12.6 Å². The van der Waals surface area contributed by atoms with Crippen LogP contribution in [0.1, 0.15) is 24.2 Å². The molecule has 0 fully saturated rings. The SMILES string of the molecule is Cc1ccccc1-c1ccc(OCCN[C@H](C)[C@@H](O)c2ccc(O)cc2)cc1. The van der Waals surface area contributed by atoms with E-state index in [0.29, 0.717) is 13.2 Å². The van der Waals surface area contributed by atoms with Crippen molar-refractivity contribution < 1.29 is 14.9 Å². The van der Waals surface area contributed by atoms with Gasteiger partial charge in [-0.25, -0.2) is 0 Å². The van der Waals surface area contributed by atoms with Gasteiger partial charge in [0.25, 0.3) is 0 Å². The molecular formula is C24H27NO3. The number of aliphatic hydroxyl groups excluding tert-OH is 1. The maximum absolute atomic E-state index is 10.4. The Morgan fingerprint density at radius 3 is 2.29 bits per heavy atom. The maximum atomic E-state index is 10.4. The van der Waals surface area contributed by atoms with Crippen LogP contribution >= 0.6 is 0 Å². The minimum absolute atomic E-state index is 0.128. The number of aryl methyl sites for hydroxylation is 1. The molecule has 0 spiro atoms. The molecule has 0 radical (unpaired) electrons. The van der Waals surface area contributed by atoms with Crippen molar-refractivity contribution >= 4 is 0 Å². The Morgan fingerprint density at radius 1 is 0.929 bits per heavy atom. The molecule has 0 saturated carbocycles. The summed E-state index contributed by atoms with van der Waals surface area (Å²) in [5.41, 5.74) is 4.43. The van der Waals surface area contributed by atoms with Gasteiger partial charge in [-0.15, -0.1) is 0 Å². The van der Waals surface area contributed by atoms with Crippen LogP contribution in [0, 0.1) is 6.92 Å². The van der Waals surface area contributed by atoms with Crippen molar-refractivity contribution in [2.24, 2.45) is 0 Å². The molecule has 4 nitrogen and oxygen atoms in total. The first-order valence-electron chi connectivity index (χ1n) is 9.54. The Bertz CT molecular complexity index is 875. The average molecular weight is 377 g/mol. The Labute approximate surface area is 166 Å². The highest BCUT2D eigenvalue weighted by Crippen LogP contribution is 2.25. The van der Waals surface area contributed by atoms with Crippen molar-refractivity contribution in [1.82, 2.24) is 5.32 Å². The molecule has 0 unspecified atom stereocenters. The van der Waals surface area contributed by atoms with Crippen molar-refractivity contribution in [1.29, 1.82) is 0 Å². The number of rotatable bonds is 8. The van der Waals surface area contributed by atoms with E-state index in [4.69, 9.17) is 4.74 Å². The van der Waals surface area contributed by atoms with E-state index in [0.717, 1.165) is 11.3 Å². The summed E-state index contributed by atoms with van der Waals surface area (Å²) >= 11 is 0. The first-order chi connectivity index (χ1) is 13.5. The maximum Gasteiger partial charge on any atom is 0.119 e. The summed E-state index contributed by atoms with van der Waals surface area (Å²) in [6.45, 7) is 5.17. The molecule has 2 atom stereocenters. The molecule has 0 aliphatic carbocycles. The summed E-state index contributed by atoms with van der Waals surface area (Å²) < 4.78 is 5.80. The molecule has 4 heteroatoms. The molecule has 3 rings (SSSR count). The van der Waals surface area contributed by atoms with Crippen LogP contribution in [0.3, 0.4) is 0 Å². The summed E-state index contributed by atoms with van der Waals surface area (Å²) in [4.78, 5) is 0. The lowest BCUT2D eigenvalue weighted by atomic mass is 10.0. The van der Waals surface area contributed by atoms with Crippen LogP contribution in [0.15, 0.2) is 72.8 Å². The first-order valence-corrected chi connectivity index (χ1v) is 9.54. The van der Waals surface area contributed by atoms with Gasteiger partial charge in [-0.1, -0.05) is 48.5 Å². The molecule has 0 aromatic heterocycles. The van der Waals surface area contributed by atoms with Crippen molar-refractivity contribution in [2.75, 3.05) is 13.2 Å². The summed E-state index contributed by atoms with van der Waals surface area (Å²) in [5, 5.41) is 23.0. The Hall–Kier alpha value is -2.82. The van der Waals surface area contributed by atoms with Gasteiger partial charge >= 0.3 is 0 Å². The molecule has 0 amide bonds. The largest absolute Gasteiger partial charge is 0.508 e. The van der Waals surface area contributed by atoms with E-state index in [2.05, 4.69) is 36.5 Å². The third-order valence-corrected chi connectivity index (χ3v) is 4.86. The van der Waals surface area contributed by atoms with Crippen molar-refractivity contribution in [2.45, 2.75) is 26.0 Å². The summed E-state index contributed by atoms with van der Waals surface area (Å²) in [6, 6.07) is 22.9. The fourth-order valence-electron chi connectivity index (χ4n) is 3.15. The normalized spacial score (nSPS) is 13.1. The van der Waals surface area contributed by atoms with Gasteiger partial charge in [0.15, 0.2) is 0 Å². The highest BCUT2D eigenvalue weighted by Gasteiger charge is 2.15. The minimum atomic E-state index is -0.644. The van der Waals surface area contributed by atoms with Crippen LogP contribution < -0.4 is 10.1 Å². The predicted molar refractivity (Wildman–Crippen MR) is 113 cm³/mol. The minimum Gasteiger partial charge on any atom is -0.508 e. The van der Waals surface area contributed by atoms with Gasteiger partial charge < -0.3 is 20.3 Å². The predicted octanol–water partition coefficient (Wildman–Crippen LogP) is 4.46. The highest BCUT2D eigenvalue weighted by molar-refractivity contribution is 5.67. The van der Waals surface area contributed by atoms with Gasteiger partial charge in [-0.2, -0.15) is 0 Å². The number of phenols is 1. The van der Waals surface area contributed by atoms with Crippen molar-refractivity contribution in [3.05, 3.63) is 83.9 Å². The average Bonchev–Trinajstić information content (AvgIpc) is 2.72. The van der Waals surface area contributed by atoms with Crippen LogP contribution in [-0.4, -0.2) is 29.4 Å². The molecule has 0 saturated heterocycles. The lowest BCUT2D eigenvalue weighted by molar-refractivity contribution is 0.133. The number of aromatic hydroxyl groups is 1. The zero-order chi connectivity index (χ0) is 19.9. The number of phenolic OH excluding ortho intramolecular Hbond substituents is 1. The second kappa shape index (κ2) is 9.40. The highest BCUT2D eigenvalue weighted by atomic mass is 16.5. The quantitative estimate of drug-likeness (QED) is 0.507. The number of hydrogen-bond acceptors (Lipinski definition) is 4. The second-order valence-corrected chi connectivity index (χ2v) is 6.97. The van der Waals surface area contributed by atoms with E-state index < -0.39 is 6.10 Å². The molecule has 28 heavy (non-hydrogen) atoms. The molecule has 146 valence electrons. The number of nitrogens with one attached hydrogen (secondary N) is 1. The summed E-state index contributed by atoms with van der Waals surface area (Å²) in [7, 11) is 0. The van der Waals surface area contributed by atoms with E-state index >= 15 is 0 Å². The van der Waals surface area contributed by atoms with E-state index in [9.17, 15) is 10.2 Å². The van der Waals surface area contributed by atoms with Crippen LogP contribution in [-0.2, 0) is 0 Å². The Kier molecular flexibility index (Phi) is 6.69. The number of benzene rings is 3.